The molecule has 1 aliphatic rings. The van der Waals surface area contributed by atoms with E-state index in [4.69, 9.17) is 4.74 Å². The summed E-state index contributed by atoms with van der Waals surface area (Å²) < 4.78 is 7.26. The van der Waals surface area contributed by atoms with Crippen LogP contribution >= 0.6 is 0 Å². The van der Waals surface area contributed by atoms with Gasteiger partial charge in [-0.25, -0.2) is 4.68 Å². The fraction of sp³-hybridized carbons (Fsp3) is 0.438. The van der Waals surface area contributed by atoms with E-state index in [9.17, 15) is 5.11 Å². The summed E-state index contributed by atoms with van der Waals surface area (Å²) in [5.74, 6) is 2.25. The molecule has 1 aliphatic heterocycles. The molecule has 0 saturated carbocycles. The molecule has 2 aromatic rings. The van der Waals surface area contributed by atoms with Crippen LogP contribution in [0.5, 0.6) is 5.75 Å². The third-order valence-electron chi connectivity index (χ3n) is 3.99. The Balaban J connectivity index is 1.49. The van der Waals surface area contributed by atoms with Gasteiger partial charge in [0.05, 0.1) is 19.4 Å². The molecule has 0 saturated heterocycles. The van der Waals surface area contributed by atoms with E-state index < -0.39 is 6.10 Å². The molecule has 0 spiro atoms. The zero-order chi connectivity index (χ0) is 15.4. The minimum atomic E-state index is -0.576. The number of aliphatic hydroxyl groups excluding tert-OH is 1. The fourth-order valence-corrected chi connectivity index (χ4v) is 2.80. The molecular formula is C16H22N4O2. The molecule has 2 atom stereocenters. The SMILES string of the molecule is COc1ccccc1[C@H](O)CNC[C@@H]1CNc2ccnn2C1. The molecule has 0 fully saturated rings. The van der Waals surface area contributed by atoms with E-state index in [-0.39, 0.29) is 0 Å². The van der Waals surface area contributed by atoms with Gasteiger partial charge in [-0.15, -0.1) is 0 Å². The molecule has 0 radical (unpaired) electrons. The van der Waals surface area contributed by atoms with Crippen molar-refractivity contribution >= 4 is 5.82 Å². The summed E-state index contributed by atoms with van der Waals surface area (Å²) in [6.07, 6.45) is 1.23. The number of aliphatic hydroxyl groups is 1. The summed E-state index contributed by atoms with van der Waals surface area (Å²) >= 11 is 0. The Kier molecular flexibility index (Phi) is 4.60. The van der Waals surface area contributed by atoms with E-state index in [1.807, 2.05) is 41.2 Å². The highest BCUT2D eigenvalue weighted by molar-refractivity contribution is 5.36. The zero-order valence-electron chi connectivity index (χ0n) is 12.7. The number of anilines is 1. The molecule has 0 unspecified atom stereocenters. The Morgan fingerprint density at radius 2 is 2.32 bits per heavy atom. The first-order valence-corrected chi connectivity index (χ1v) is 7.55. The van der Waals surface area contributed by atoms with Crippen LogP contribution in [0.4, 0.5) is 5.82 Å². The van der Waals surface area contributed by atoms with Gasteiger partial charge in [0.2, 0.25) is 0 Å². The van der Waals surface area contributed by atoms with Crippen molar-refractivity contribution in [2.45, 2.75) is 12.6 Å². The van der Waals surface area contributed by atoms with Crippen molar-refractivity contribution in [3.05, 3.63) is 42.1 Å². The Morgan fingerprint density at radius 3 is 3.18 bits per heavy atom. The lowest BCUT2D eigenvalue weighted by molar-refractivity contribution is 0.168. The van der Waals surface area contributed by atoms with Crippen molar-refractivity contribution in [2.24, 2.45) is 5.92 Å². The topological polar surface area (TPSA) is 71.3 Å². The first-order valence-electron chi connectivity index (χ1n) is 7.55. The number of aromatic nitrogens is 2. The molecule has 0 bridgehead atoms. The van der Waals surface area contributed by atoms with Crippen LogP contribution in [0, 0.1) is 5.92 Å². The molecule has 6 heteroatoms. The quantitative estimate of drug-likeness (QED) is 0.749. The summed E-state index contributed by atoms with van der Waals surface area (Å²) in [5, 5.41) is 21.3. The normalized spacial score (nSPS) is 18.4. The lowest BCUT2D eigenvalue weighted by Gasteiger charge is -2.25. The number of rotatable bonds is 6. The second-order valence-electron chi connectivity index (χ2n) is 5.56. The van der Waals surface area contributed by atoms with Gasteiger partial charge in [0.1, 0.15) is 11.6 Å². The number of hydrogen-bond donors (Lipinski definition) is 3. The Hall–Kier alpha value is -2.05. The minimum Gasteiger partial charge on any atom is -0.496 e. The predicted octanol–water partition coefficient (Wildman–Crippen LogP) is 1.26. The van der Waals surface area contributed by atoms with Crippen LogP contribution in [0.25, 0.3) is 0 Å². The van der Waals surface area contributed by atoms with Crippen LogP contribution in [0.15, 0.2) is 36.5 Å². The van der Waals surface area contributed by atoms with Crippen molar-refractivity contribution in [3.8, 4) is 5.75 Å². The van der Waals surface area contributed by atoms with Gasteiger partial charge in [-0.1, -0.05) is 18.2 Å². The van der Waals surface area contributed by atoms with Gasteiger partial charge >= 0.3 is 0 Å². The number of nitrogens with zero attached hydrogens (tertiary/aromatic N) is 2. The molecule has 118 valence electrons. The van der Waals surface area contributed by atoms with Crippen LogP contribution in [0.2, 0.25) is 0 Å². The van der Waals surface area contributed by atoms with Crippen LogP contribution in [-0.2, 0) is 6.54 Å². The summed E-state index contributed by atoms with van der Waals surface area (Å²) in [4.78, 5) is 0. The first kappa shape index (κ1) is 14.9. The summed E-state index contributed by atoms with van der Waals surface area (Å²) in [6, 6.07) is 9.55. The molecule has 3 N–H and O–H groups in total. The van der Waals surface area contributed by atoms with E-state index in [0.717, 1.165) is 36.8 Å². The van der Waals surface area contributed by atoms with Gasteiger partial charge in [0.25, 0.3) is 0 Å². The largest absolute Gasteiger partial charge is 0.496 e. The maximum atomic E-state index is 10.3. The van der Waals surface area contributed by atoms with Crippen LogP contribution < -0.4 is 15.4 Å². The van der Waals surface area contributed by atoms with Gasteiger partial charge in [0.15, 0.2) is 0 Å². The number of benzene rings is 1. The smallest absolute Gasteiger partial charge is 0.124 e. The number of ether oxygens (including phenoxy) is 1. The molecule has 2 heterocycles. The van der Waals surface area contributed by atoms with Crippen molar-refractivity contribution < 1.29 is 9.84 Å². The van der Waals surface area contributed by atoms with Crippen molar-refractivity contribution in [1.29, 1.82) is 0 Å². The van der Waals surface area contributed by atoms with Crippen molar-refractivity contribution in [3.63, 3.8) is 0 Å². The number of fused-ring (bicyclic) bond motifs is 1. The van der Waals surface area contributed by atoms with Gasteiger partial charge in [-0.2, -0.15) is 5.10 Å². The first-order chi connectivity index (χ1) is 10.8. The Bertz CT molecular complexity index is 614. The minimum absolute atomic E-state index is 0.456. The summed E-state index contributed by atoms with van der Waals surface area (Å²) in [7, 11) is 1.62. The number of nitrogens with one attached hydrogen (secondary N) is 2. The molecule has 1 aromatic carbocycles. The monoisotopic (exact) mass is 302 g/mol. The average molecular weight is 302 g/mol. The number of para-hydroxylation sites is 1. The maximum Gasteiger partial charge on any atom is 0.124 e. The molecular weight excluding hydrogens is 280 g/mol. The molecule has 6 nitrogen and oxygen atoms in total. The van der Waals surface area contributed by atoms with Gasteiger partial charge in [-0.3, -0.25) is 0 Å². The van der Waals surface area contributed by atoms with Gasteiger partial charge in [-0.05, 0) is 6.07 Å². The number of hydrogen-bond acceptors (Lipinski definition) is 5. The van der Waals surface area contributed by atoms with Crippen molar-refractivity contribution in [2.75, 3.05) is 32.1 Å². The molecule has 3 rings (SSSR count). The van der Waals surface area contributed by atoms with Gasteiger partial charge in [0, 0.05) is 43.7 Å². The third-order valence-corrected chi connectivity index (χ3v) is 3.99. The standard InChI is InChI=1S/C16H22N4O2/c1-22-15-5-3-2-4-13(15)14(21)10-17-8-12-9-18-16-6-7-19-20(16)11-12/h2-7,12,14,17-18,21H,8-11H2,1H3/t12-,14-/m1/s1. The highest BCUT2D eigenvalue weighted by Crippen LogP contribution is 2.24. The Morgan fingerprint density at radius 1 is 1.45 bits per heavy atom. The molecule has 22 heavy (non-hydrogen) atoms. The summed E-state index contributed by atoms with van der Waals surface area (Å²) in [6.45, 7) is 3.15. The average Bonchev–Trinajstić information content (AvgIpc) is 3.02. The van der Waals surface area contributed by atoms with Crippen LogP contribution in [-0.4, -0.2) is 41.6 Å². The number of methoxy groups -OCH3 is 1. The van der Waals surface area contributed by atoms with Gasteiger partial charge < -0.3 is 20.5 Å². The molecule has 0 amide bonds. The maximum absolute atomic E-state index is 10.3. The van der Waals surface area contributed by atoms with E-state index >= 15 is 0 Å². The van der Waals surface area contributed by atoms with E-state index in [1.165, 1.54) is 0 Å². The highest BCUT2D eigenvalue weighted by atomic mass is 16.5. The zero-order valence-corrected chi connectivity index (χ0v) is 12.7. The Labute approximate surface area is 130 Å². The lowest BCUT2D eigenvalue weighted by Crippen LogP contribution is -2.36. The fourth-order valence-electron chi connectivity index (χ4n) is 2.80. The summed E-state index contributed by atoms with van der Waals surface area (Å²) in [5.41, 5.74) is 0.814. The van der Waals surface area contributed by atoms with Crippen LogP contribution in [0.1, 0.15) is 11.7 Å². The molecule has 1 aromatic heterocycles. The lowest BCUT2D eigenvalue weighted by atomic mass is 10.1. The van der Waals surface area contributed by atoms with Crippen molar-refractivity contribution in [1.82, 2.24) is 15.1 Å². The van der Waals surface area contributed by atoms with Crippen LogP contribution in [0.3, 0.4) is 0 Å². The molecule has 0 aliphatic carbocycles. The predicted molar refractivity (Wildman–Crippen MR) is 85.0 cm³/mol. The van der Waals surface area contributed by atoms with E-state index in [1.54, 1.807) is 7.11 Å². The van der Waals surface area contributed by atoms with E-state index in [0.29, 0.717) is 12.5 Å². The van der Waals surface area contributed by atoms with E-state index in [2.05, 4.69) is 15.7 Å². The second kappa shape index (κ2) is 6.81. The third kappa shape index (κ3) is 3.23. The second-order valence-corrected chi connectivity index (χ2v) is 5.56. The highest BCUT2D eigenvalue weighted by Gasteiger charge is 2.19.